The number of rotatable bonds is 4. The van der Waals surface area contributed by atoms with E-state index >= 15 is 0 Å². The van der Waals surface area contributed by atoms with Gasteiger partial charge in [0.1, 0.15) is 0 Å². The summed E-state index contributed by atoms with van der Waals surface area (Å²) in [6.07, 6.45) is 0. The fraction of sp³-hybridized carbons (Fsp3) is 0.889. The standard InChI is InChI=1S/C9H18NO6P/c1-7(2)9(11)10-3-4-15-5-8(10)6-16-17(12,13)14/h7-8H,3-6H2,1-2H3,(H2,12,13,14)/t8-/m0/s1. The van der Waals surface area contributed by atoms with Crippen LogP contribution in [0.4, 0.5) is 0 Å². The summed E-state index contributed by atoms with van der Waals surface area (Å²) >= 11 is 0. The molecule has 0 unspecified atom stereocenters. The molecule has 1 fully saturated rings. The molecule has 1 aliphatic rings. The number of nitrogens with zero attached hydrogens (tertiary/aromatic N) is 1. The first-order valence-electron chi connectivity index (χ1n) is 5.39. The van der Waals surface area contributed by atoms with Crippen LogP contribution in [-0.2, 0) is 18.6 Å². The maximum Gasteiger partial charge on any atom is 0.469 e. The number of carbonyl (C=O) groups excluding carboxylic acids is 1. The number of hydrogen-bond donors (Lipinski definition) is 2. The van der Waals surface area contributed by atoms with Gasteiger partial charge in [-0.25, -0.2) is 4.57 Å². The van der Waals surface area contributed by atoms with Gasteiger partial charge in [0.25, 0.3) is 0 Å². The Balaban J connectivity index is 2.60. The lowest BCUT2D eigenvalue weighted by molar-refractivity contribution is -0.144. The SMILES string of the molecule is CC(C)C(=O)N1CCOC[C@H]1COP(=O)(O)O. The molecule has 0 spiro atoms. The first kappa shape index (κ1) is 14.6. The van der Waals surface area contributed by atoms with Gasteiger partial charge in [-0.1, -0.05) is 13.8 Å². The first-order chi connectivity index (χ1) is 7.81. The number of hydrogen-bond acceptors (Lipinski definition) is 4. The Morgan fingerprint density at radius 3 is 2.76 bits per heavy atom. The number of morpholine rings is 1. The number of amides is 1. The number of phosphoric acid groups is 1. The Bertz CT molecular complexity index is 315. The Kier molecular flexibility index (Phi) is 5.09. The van der Waals surface area contributed by atoms with E-state index < -0.39 is 13.9 Å². The molecule has 8 heteroatoms. The van der Waals surface area contributed by atoms with Gasteiger partial charge in [-0.15, -0.1) is 0 Å². The lowest BCUT2D eigenvalue weighted by Crippen LogP contribution is -2.52. The minimum absolute atomic E-state index is 0.0624. The van der Waals surface area contributed by atoms with Crippen LogP contribution in [0, 0.1) is 5.92 Å². The van der Waals surface area contributed by atoms with Gasteiger partial charge in [-0.3, -0.25) is 9.32 Å². The predicted molar refractivity (Wildman–Crippen MR) is 59.2 cm³/mol. The minimum atomic E-state index is -4.51. The summed E-state index contributed by atoms with van der Waals surface area (Å²) in [5.74, 6) is -0.224. The van der Waals surface area contributed by atoms with Gasteiger partial charge in [-0.05, 0) is 0 Å². The van der Waals surface area contributed by atoms with Crippen molar-refractivity contribution in [3.05, 3.63) is 0 Å². The Morgan fingerprint density at radius 2 is 2.24 bits per heavy atom. The Labute approximate surface area is 99.9 Å². The van der Waals surface area contributed by atoms with Crippen molar-refractivity contribution in [2.45, 2.75) is 19.9 Å². The number of ether oxygens (including phenoxy) is 1. The maximum absolute atomic E-state index is 11.9. The number of carbonyl (C=O) groups is 1. The highest BCUT2D eigenvalue weighted by Crippen LogP contribution is 2.36. The van der Waals surface area contributed by atoms with E-state index in [4.69, 9.17) is 14.5 Å². The Morgan fingerprint density at radius 1 is 1.59 bits per heavy atom. The summed E-state index contributed by atoms with van der Waals surface area (Å²) in [7, 11) is -4.51. The highest BCUT2D eigenvalue weighted by Gasteiger charge is 2.30. The molecule has 1 aliphatic heterocycles. The van der Waals surface area contributed by atoms with Crippen molar-refractivity contribution in [1.82, 2.24) is 4.90 Å². The maximum atomic E-state index is 11.9. The molecule has 7 nitrogen and oxygen atoms in total. The average Bonchev–Trinajstić information content (AvgIpc) is 2.24. The van der Waals surface area contributed by atoms with Crippen molar-refractivity contribution < 1.29 is 28.4 Å². The van der Waals surface area contributed by atoms with Crippen LogP contribution in [0.3, 0.4) is 0 Å². The van der Waals surface area contributed by atoms with Crippen LogP contribution in [-0.4, -0.2) is 53.0 Å². The second-order valence-corrected chi connectivity index (χ2v) is 5.44. The van der Waals surface area contributed by atoms with Crippen LogP contribution in [0.5, 0.6) is 0 Å². The molecule has 0 aromatic heterocycles. The van der Waals surface area contributed by atoms with Crippen LogP contribution >= 0.6 is 7.82 Å². The van der Waals surface area contributed by atoms with Gasteiger partial charge in [0.05, 0.1) is 25.9 Å². The zero-order chi connectivity index (χ0) is 13.1. The third kappa shape index (κ3) is 4.73. The third-order valence-corrected chi connectivity index (χ3v) is 2.93. The van der Waals surface area contributed by atoms with Crippen molar-refractivity contribution in [3.8, 4) is 0 Å². The quantitative estimate of drug-likeness (QED) is 0.695. The molecule has 2 N–H and O–H groups in total. The summed E-state index contributed by atoms with van der Waals surface area (Å²) in [6.45, 7) is 4.43. The monoisotopic (exact) mass is 267 g/mol. The van der Waals surface area contributed by atoms with Crippen LogP contribution in [0.1, 0.15) is 13.8 Å². The largest absolute Gasteiger partial charge is 0.469 e. The van der Waals surface area contributed by atoms with E-state index in [-0.39, 0.29) is 25.0 Å². The van der Waals surface area contributed by atoms with Gasteiger partial charge in [-0.2, -0.15) is 0 Å². The molecule has 0 aliphatic carbocycles. The minimum Gasteiger partial charge on any atom is -0.377 e. The lowest BCUT2D eigenvalue weighted by Gasteiger charge is -2.36. The van der Waals surface area contributed by atoms with Gasteiger partial charge >= 0.3 is 7.82 Å². The zero-order valence-electron chi connectivity index (χ0n) is 9.90. The van der Waals surface area contributed by atoms with Crippen molar-refractivity contribution >= 4 is 13.7 Å². The third-order valence-electron chi connectivity index (χ3n) is 2.44. The van der Waals surface area contributed by atoms with E-state index in [1.807, 2.05) is 0 Å². The molecule has 1 atom stereocenters. The van der Waals surface area contributed by atoms with Crippen molar-refractivity contribution in [1.29, 1.82) is 0 Å². The highest BCUT2D eigenvalue weighted by molar-refractivity contribution is 7.46. The van der Waals surface area contributed by atoms with E-state index in [0.29, 0.717) is 13.2 Å². The summed E-state index contributed by atoms with van der Waals surface area (Å²) in [6, 6.07) is -0.439. The normalized spacial score (nSPS) is 21.9. The summed E-state index contributed by atoms with van der Waals surface area (Å²) in [5, 5.41) is 0. The second-order valence-electron chi connectivity index (χ2n) is 4.20. The predicted octanol–water partition coefficient (Wildman–Crippen LogP) is -0.0209. The summed E-state index contributed by atoms with van der Waals surface area (Å²) in [4.78, 5) is 30.7. The van der Waals surface area contributed by atoms with Crippen molar-refractivity contribution in [3.63, 3.8) is 0 Å². The smallest absolute Gasteiger partial charge is 0.377 e. The van der Waals surface area contributed by atoms with Crippen LogP contribution in [0.25, 0.3) is 0 Å². The molecule has 1 amide bonds. The molecular weight excluding hydrogens is 249 g/mol. The van der Waals surface area contributed by atoms with E-state index in [1.165, 1.54) is 0 Å². The van der Waals surface area contributed by atoms with Crippen LogP contribution in [0.15, 0.2) is 0 Å². The Hall–Kier alpha value is -0.460. The average molecular weight is 267 g/mol. The van der Waals surface area contributed by atoms with Gasteiger partial charge < -0.3 is 19.4 Å². The second kappa shape index (κ2) is 5.93. The van der Waals surface area contributed by atoms with Gasteiger partial charge in [0, 0.05) is 12.5 Å². The first-order valence-corrected chi connectivity index (χ1v) is 6.92. The van der Waals surface area contributed by atoms with E-state index in [2.05, 4.69) is 4.52 Å². The van der Waals surface area contributed by atoms with Crippen LogP contribution < -0.4 is 0 Å². The zero-order valence-corrected chi connectivity index (χ0v) is 10.8. The molecule has 1 saturated heterocycles. The highest BCUT2D eigenvalue weighted by atomic mass is 31.2. The lowest BCUT2D eigenvalue weighted by atomic mass is 10.1. The molecule has 100 valence electrons. The molecular formula is C9H18NO6P. The molecule has 0 aromatic carbocycles. The molecule has 1 rings (SSSR count). The molecule has 17 heavy (non-hydrogen) atoms. The molecule has 0 saturated carbocycles. The molecule has 0 aromatic rings. The summed E-state index contributed by atoms with van der Waals surface area (Å²) in [5.41, 5.74) is 0. The van der Waals surface area contributed by atoms with Crippen molar-refractivity contribution in [2.75, 3.05) is 26.4 Å². The van der Waals surface area contributed by atoms with E-state index in [1.54, 1.807) is 18.7 Å². The van der Waals surface area contributed by atoms with E-state index in [0.717, 1.165) is 0 Å². The van der Waals surface area contributed by atoms with Gasteiger partial charge in [0.2, 0.25) is 5.91 Å². The van der Waals surface area contributed by atoms with Gasteiger partial charge in [0.15, 0.2) is 0 Å². The topological polar surface area (TPSA) is 96.3 Å². The molecule has 0 radical (unpaired) electrons. The summed E-state index contributed by atoms with van der Waals surface area (Å²) < 4.78 is 20.2. The van der Waals surface area contributed by atoms with Crippen molar-refractivity contribution in [2.24, 2.45) is 5.92 Å². The fourth-order valence-electron chi connectivity index (χ4n) is 1.60. The molecule has 1 heterocycles. The number of phosphoric ester groups is 1. The van der Waals surface area contributed by atoms with E-state index in [9.17, 15) is 9.36 Å². The fourth-order valence-corrected chi connectivity index (χ4v) is 1.96. The molecule has 0 bridgehead atoms. The van der Waals surface area contributed by atoms with Crippen LogP contribution in [0.2, 0.25) is 0 Å².